The number of carbonyl (C=O) groups excluding carboxylic acids is 2. The summed E-state index contributed by atoms with van der Waals surface area (Å²) in [7, 11) is -3.99. The summed E-state index contributed by atoms with van der Waals surface area (Å²) in [6.45, 7) is 2.53. The van der Waals surface area contributed by atoms with Gasteiger partial charge in [-0.1, -0.05) is 12.1 Å². The van der Waals surface area contributed by atoms with Gasteiger partial charge in [0.05, 0.1) is 17.5 Å². The number of benzene rings is 1. The molecule has 1 aliphatic rings. The van der Waals surface area contributed by atoms with Crippen molar-refractivity contribution in [2.75, 3.05) is 6.54 Å². The number of hydrogen-bond acceptors (Lipinski definition) is 5. The Hall–Kier alpha value is -1.77. The lowest BCUT2D eigenvalue weighted by atomic mass is 10.1. The average molecular weight is 312 g/mol. The van der Waals surface area contributed by atoms with Crippen LogP contribution in [0.1, 0.15) is 25.5 Å². The fourth-order valence-electron chi connectivity index (χ4n) is 2.05. The van der Waals surface area contributed by atoms with Gasteiger partial charge in [0.15, 0.2) is 0 Å². The lowest BCUT2D eigenvalue weighted by Gasteiger charge is -2.30. The second-order valence-electron chi connectivity index (χ2n) is 4.89. The van der Waals surface area contributed by atoms with E-state index in [9.17, 15) is 23.1 Å². The van der Waals surface area contributed by atoms with Crippen molar-refractivity contribution in [1.82, 2.24) is 9.62 Å². The number of aliphatic hydroxyl groups is 1. The molecule has 1 heterocycles. The molecular weight excluding hydrogens is 296 g/mol. The molecule has 0 radical (unpaired) electrons. The first kappa shape index (κ1) is 15.6. The molecule has 114 valence electrons. The van der Waals surface area contributed by atoms with Gasteiger partial charge >= 0.3 is 0 Å². The van der Waals surface area contributed by atoms with Crippen molar-refractivity contribution >= 4 is 21.8 Å². The number of nitrogens with one attached hydrogen (secondary N) is 1. The van der Waals surface area contributed by atoms with Crippen molar-refractivity contribution in [2.45, 2.75) is 30.9 Å². The van der Waals surface area contributed by atoms with Crippen LogP contribution < -0.4 is 5.32 Å². The molecule has 21 heavy (non-hydrogen) atoms. The van der Waals surface area contributed by atoms with Gasteiger partial charge in [-0.3, -0.25) is 14.9 Å². The minimum atomic E-state index is -3.99. The van der Waals surface area contributed by atoms with Gasteiger partial charge in [0.25, 0.3) is 0 Å². The normalized spacial score (nSPS) is 22.0. The van der Waals surface area contributed by atoms with Gasteiger partial charge in [-0.15, -0.1) is 0 Å². The molecule has 0 spiro atoms. The molecule has 2 unspecified atom stereocenters. The molecule has 1 aromatic rings. The first-order chi connectivity index (χ1) is 9.73. The number of nitrogens with zero attached hydrogens (tertiary/aromatic N) is 1. The Bertz CT molecular complexity index is 684. The van der Waals surface area contributed by atoms with E-state index in [1.807, 2.05) is 0 Å². The molecule has 2 amide bonds. The molecule has 2 rings (SSSR count). The lowest BCUT2D eigenvalue weighted by Crippen LogP contribution is -2.58. The molecule has 1 aliphatic heterocycles. The highest BCUT2D eigenvalue weighted by molar-refractivity contribution is 7.89. The van der Waals surface area contributed by atoms with Crippen LogP contribution in [0.25, 0.3) is 0 Å². The van der Waals surface area contributed by atoms with Crippen LogP contribution in [0.4, 0.5) is 0 Å². The molecule has 2 N–H and O–H groups in total. The maximum Gasteiger partial charge on any atom is 0.244 e. The summed E-state index contributed by atoms with van der Waals surface area (Å²) in [4.78, 5) is 22.9. The number of hydrogen-bond donors (Lipinski definition) is 2. The number of carbonyl (C=O) groups is 2. The number of piperazine rings is 1. The summed E-state index contributed by atoms with van der Waals surface area (Å²) < 4.78 is 26.0. The molecule has 2 atom stereocenters. The van der Waals surface area contributed by atoms with E-state index in [4.69, 9.17) is 0 Å². The number of rotatable bonds is 3. The van der Waals surface area contributed by atoms with Gasteiger partial charge in [0, 0.05) is 0 Å². The Balaban J connectivity index is 2.44. The molecule has 0 saturated carbocycles. The molecule has 0 aliphatic carbocycles. The van der Waals surface area contributed by atoms with E-state index in [1.165, 1.54) is 32.0 Å². The topological polar surface area (TPSA) is 104 Å². The van der Waals surface area contributed by atoms with Gasteiger partial charge < -0.3 is 5.11 Å². The second-order valence-corrected chi connectivity index (χ2v) is 6.78. The van der Waals surface area contributed by atoms with Crippen molar-refractivity contribution < 1.29 is 23.1 Å². The fraction of sp³-hybridized carbons (Fsp3) is 0.385. The summed E-state index contributed by atoms with van der Waals surface area (Å²) in [5.41, 5.74) is 0.441. The lowest BCUT2D eigenvalue weighted by molar-refractivity contribution is -0.136. The molecule has 8 heteroatoms. The van der Waals surface area contributed by atoms with Crippen LogP contribution in [0.2, 0.25) is 0 Å². The van der Waals surface area contributed by atoms with E-state index in [1.54, 1.807) is 6.07 Å². The van der Waals surface area contributed by atoms with E-state index >= 15 is 0 Å². The van der Waals surface area contributed by atoms with Crippen molar-refractivity contribution in [3.05, 3.63) is 29.8 Å². The molecule has 7 nitrogen and oxygen atoms in total. The molecule has 0 bridgehead atoms. The van der Waals surface area contributed by atoms with Crippen molar-refractivity contribution in [3.63, 3.8) is 0 Å². The van der Waals surface area contributed by atoms with E-state index < -0.39 is 40.5 Å². The molecular formula is C13H16N2O5S. The summed E-state index contributed by atoms with van der Waals surface area (Å²) in [6, 6.07) is 4.84. The molecule has 1 aromatic carbocycles. The first-order valence-electron chi connectivity index (χ1n) is 6.37. The Morgan fingerprint density at radius 1 is 1.38 bits per heavy atom. The summed E-state index contributed by atoms with van der Waals surface area (Å²) in [6.07, 6.45) is -0.816. The van der Waals surface area contributed by atoms with Crippen LogP contribution in [0.5, 0.6) is 0 Å². The van der Waals surface area contributed by atoms with Gasteiger partial charge in [0.2, 0.25) is 21.8 Å². The molecule has 1 fully saturated rings. The predicted molar refractivity (Wildman–Crippen MR) is 73.6 cm³/mol. The third-order valence-corrected chi connectivity index (χ3v) is 5.23. The number of amides is 2. The van der Waals surface area contributed by atoms with Crippen molar-refractivity contribution in [2.24, 2.45) is 0 Å². The van der Waals surface area contributed by atoms with E-state index in [0.29, 0.717) is 5.56 Å². The summed E-state index contributed by atoms with van der Waals surface area (Å²) >= 11 is 0. The van der Waals surface area contributed by atoms with Crippen LogP contribution in [0.15, 0.2) is 29.2 Å². The number of aliphatic hydroxyl groups excluding tert-OH is 1. The standard InChI is InChI=1S/C13H16N2O5S/c1-8-13(18)14-12(17)7-15(8)21(19,20)11-5-3-4-10(6-11)9(2)16/h3-6,8-9,16H,7H2,1-2H3,(H,14,17,18). The fourth-order valence-corrected chi connectivity index (χ4v) is 3.66. The largest absolute Gasteiger partial charge is 0.389 e. The van der Waals surface area contributed by atoms with Gasteiger partial charge in [0.1, 0.15) is 6.04 Å². The SMILES string of the molecule is CC(O)c1cccc(S(=O)(=O)N2CC(=O)NC(=O)C2C)c1. The Kier molecular flexibility index (Phi) is 4.13. The zero-order chi connectivity index (χ0) is 15.8. The molecule has 1 saturated heterocycles. The van der Waals surface area contributed by atoms with E-state index in [-0.39, 0.29) is 4.90 Å². The monoisotopic (exact) mass is 312 g/mol. The Morgan fingerprint density at radius 2 is 2.05 bits per heavy atom. The van der Waals surface area contributed by atoms with Gasteiger partial charge in [-0.2, -0.15) is 4.31 Å². The van der Waals surface area contributed by atoms with Crippen LogP contribution in [-0.4, -0.2) is 42.2 Å². The third-order valence-electron chi connectivity index (χ3n) is 3.32. The van der Waals surface area contributed by atoms with Crippen LogP contribution in [0, 0.1) is 0 Å². The Labute approximate surface area is 122 Å². The zero-order valence-corrected chi connectivity index (χ0v) is 12.4. The number of imide groups is 1. The first-order valence-corrected chi connectivity index (χ1v) is 7.81. The van der Waals surface area contributed by atoms with Gasteiger partial charge in [-0.05, 0) is 31.5 Å². The third kappa shape index (κ3) is 2.97. The summed E-state index contributed by atoms with van der Waals surface area (Å²) in [5, 5.41) is 11.6. The van der Waals surface area contributed by atoms with Crippen LogP contribution in [-0.2, 0) is 19.6 Å². The quantitative estimate of drug-likeness (QED) is 0.751. The highest BCUT2D eigenvalue weighted by atomic mass is 32.2. The molecule has 0 aromatic heterocycles. The average Bonchev–Trinajstić information content (AvgIpc) is 2.42. The van der Waals surface area contributed by atoms with Crippen LogP contribution in [0.3, 0.4) is 0 Å². The highest BCUT2D eigenvalue weighted by Crippen LogP contribution is 2.23. The number of sulfonamides is 1. The van der Waals surface area contributed by atoms with Crippen molar-refractivity contribution in [1.29, 1.82) is 0 Å². The highest BCUT2D eigenvalue weighted by Gasteiger charge is 2.38. The minimum absolute atomic E-state index is 0.0600. The van der Waals surface area contributed by atoms with E-state index in [0.717, 1.165) is 4.31 Å². The van der Waals surface area contributed by atoms with E-state index in [2.05, 4.69) is 5.32 Å². The zero-order valence-electron chi connectivity index (χ0n) is 11.6. The maximum absolute atomic E-state index is 12.6. The Morgan fingerprint density at radius 3 is 2.67 bits per heavy atom. The van der Waals surface area contributed by atoms with Crippen LogP contribution >= 0.6 is 0 Å². The summed E-state index contributed by atoms with van der Waals surface area (Å²) in [5.74, 6) is -1.31. The predicted octanol–water partition coefficient (Wildman–Crippen LogP) is -0.225. The van der Waals surface area contributed by atoms with Crippen molar-refractivity contribution in [3.8, 4) is 0 Å². The van der Waals surface area contributed by atoms with Gasteiger partial charge in [-0.25, -0.2) is 8.42 Å². The second kappa shape index (κ2) is 5.55. The minimum Gasteiger partial charge on any atom is -0.389 e. The maximum atomic E-state index is 12.6. The smallest absolute Gasteiger partial charge is 0.244 e.